The van der Waals surface area contributed by atoms with E-state index in [9.17, 15) is 4.79 Å². The fraction of sp³-hybridized carbons (Fsp3) is 0.571. The summed E-state index contributed by atoms with van der Waals surface area (Å²) in [6.45, 7) is 2.39. The molecule has 70 valence electrons. The van der Waals surface area contributed by atoms with Gasteiger partial charge < -0.3 is 0 Å². The third kappa shape index (κ3) is 1.59. The first-order chi connectivity index (χ1) is 6.16. The summed E-state index contributed by atoms with van der Waals surface area (Å²) < 4.78 is 1.75. The van der Waals surface area contributed by atoms with E-state index in [2.05, 4.69) is 15.0 Å². The van der Waals surface area contributed by atoms with Crippen LogP contribution >= 0.6 is 11.8 Å². The lowest BCUT2D eigenvalue weighted by Crippen LogP contribution is -2.32. The van der Waals surface area contributed by atoms with Crippen molar-refractivity contribution in [2.24, 2.45) is 0 Å². The zero-order valence-corrected chi connectivity index (χ0v) is 8.34. The quantitative estimate of drug-likeness (QED) is 0.582. The van der Waals surface area contributed by atoms with E-state index >= 15 is 0 Å². The number of hydrogen-bond donors (Lipinski definition) is 0. The maximum Gasteiger partial charge on any atom is 0.295 e. The van der Waals surface area contributed by atoms with Gasteiger partial charge >= 0.3 is 0 Å². The van der Waals surface area contributed by atoms with Crippen molar-refractivity contribution >= 4 is 11.8 Å². The van der Waals surface area contributed by atoms with Crippen molar-refractivity contribution in [3.63, 3.8) is 0 Å². The Morgan fingerprint density at radius 2 is 2.31 bits per heavy atom. The van der Waals surface area contributed by atoms with Crippen LogP contribution in [0.2, 0.25) is 0 Å². The molecule has 0 saturated carbocycles. The van der Waals surface area contributed by atoms with Crippen LogP contribution in [0, 0.1) is 6.92 Å². The first-order valence-electron chi connectivity index (χ1n) is 3.94. The monoisotopic (exact) mass is 198 g/mol. The summed E-state index contributed by atoms with van der Waals surface area (Å²) in [5.74, 6) is 0.858. The van der Waals surface area contributed by atoms with Crippen LogP contribution in [0.1, 0.15) is 5.69 Å². The molecule has 1 aliphatic heterocycles. The molecule has 0 atom stereocenters. The largest absolute Gasteiger partial charge is 0.295 e. The van der Waals surface area contributed by atoms with Gasteiger partial charge in [-0.1, -0.05) is 11.8 Å². The van der Waals surface area contributed by atoms with Gasteiger partial charge in [0.1, 0.15) is 5.69 Å². The molecule has 0 unspecified atom stereocenters. The zero-order chi connectivity index (χ0) is 9.42. The van der Waals surface area contributed by atoms with Crippen LogP contribution in [0.25, 0.3) is 0 Å². The molecule has 0 bridgehead atoms. The molecule has 0 saturated heterocycles. The molecule has 0 aliphatic carbocycles. The van der Waals surface area contributed by atoms with Gasteiger partial charge in [-0.3, -0.25) is 9.69 Å². The Hall–Kier alpha value is -0.880. The summed E-state index contributed by atoms with van der Waals surface area (Å²) in [5, 5.41) is 4.86. The van der Waals surface area contributed by atoms with Crippen LogP contribution in [-0.2, 0) is 6.67 Å². The minimum atomic E-state index is -0.219. The second-order valence-electron chi connectivity index (χ2n) is 3.06. The molecule has 0 N–H and O–H groups in total. The van der Waals surface area contributed by atoms with Crippen LogP contribution in [-0.4, -0.2) is 32.6 Å². The average molecular weight is 198 g/mol. The third-order valence-electron chi connectivity index (χ3n) is 1.79. The number of hydrogen-bond acceptors (Lipinski definition) is 5. The Bertz CT molecular complexity index is 389. The van der Waals surface area contributed by atoms with Crippen molar-refractivity contribution in [2.75, 3.05) is 12.9 Å². The standard InChI is InChI=1S/C7H10N4OS/c1-5-6(12)8-7-11(9-5)3-10(2)4-13-7/h3-4H2,1-2H3. The van der Waals surface area contributed by atoms with Gasteiger partial charge in [0.05, 0.1) is 12.5 Å². The number of aryl methyl sites for hydroxylation is 1. The van der Waals surface area contributed by atoms with Crippen molar-refractivity contribution in [3.05, 3.63) is 16.0 Å². The molecule has 2 heterocycles. The molecule has 0 amide bonds. The van der Waals surface area contributed by atoms with Gasteiger partial charge in [0.25, 0.3) is 5.56 Å². The summed E-state index contributed by atoms with van der Waals surface area (Å²) in [5.41, 5.74) is 0.239. The number of nitrogens with zero attached hydrogens (tertiary/aromatic N) is 4. The highest BCUT2D eigenvalue weighted by atomic mass is 32.2. The molecule has 13 heavy (non-hydrogen) atoms. The molecule has 0 aromatic carbocycles. The number of fused-ring (bicyclic) bond motifs is 1. The van der Waals surface area contributed by atoms with Gasteiger partial charge in [-0.15, -0.1) is 0 Å². The van der Waals surface area contributed by atoms with E-state index in [1.807, 2.05) is 7.05 Å². The maximum absolute atomic E-state index is 11.2. The van der Waals surface area contributed by atoms with E-state index in [0.717, 1.165) is 5.88 Å². The highest BCUT2D eigenvalue weighted by molar-refractivity contribution is 7.99. The highest BCUT2D eigenvalue weighted by Crippen LogP contribution is 2.19. The fourth-order valence-corrected chi connectivity index (χ4v) is 1.94. The SMILES string of the molecule is Cc1nn2c(nc1=O)SCN(C)C2. The van der Waals surface area contributed by atoms with Crippen LogP contribution < -0.4 is 5.56 Å². The van der Waals surface area contributed by atoms with Gasteiger partial charge in [0.2, 0.25) is 0 Å². The summed E-state index contributed by atoms with van der Waals surface area (Å²) in [6, 6.07) is 0. The fourth-order valence-electron chi connectivity index (χ4n) is 1.13. The van der Waals surface area contributed by atoms with E-state index in [1.165, 1.54) is 11.8 Å². The first kappa shape index (κ1) is 8.71. The zero-order valence-electron chi connectivity index (χ0n) is 7.52. The molecule has 0 fully saturated rings. The molecule has 2 rings (SSSR count). The summed E-state index contributed by atoms with van der Waals surface area (Å²) >= 11 is 1.53. The van der Waals surface area contributed by atoms with Crippen molar-refractivity contribution < 1.29 is 0 Å². The van der Waals surface area contributed by atoms with Gasteiger partial charge in [-0.05, 0) is 14.0 Å². The molecule has 1 aliphatic rings. The van der Waals surface area contributed by atoms with E-state index in [0.29, 0.717) is 17.5 Å². The second kappa shape index (κ2) is 3.12. The Morgan fingerprint density at radius 1 is 1.54 bits per heavy atom. The molecule has 0 radical (unpaired) electrons. The Labute approximate surface area is 79.8 Å². The first-order valence-corrected chi connectivity index (χ1v) is 4.92. The molecular formula is C7H10N4OS. The van der Waals surface area contributed by atoms with Gasteiger partial charge in [-0.2, -0.15) is 10.1 Å². The molecular weight excluding hydrogens is 188 g/mol. The molecule has 1 aromatic heterocycles. The van der Waals surface area contributed by atoms with Crippen molar-refractivity contribution in [1.82, 2.24) is 19.7 Å². The van der Waals surface area contributed by atoms with Gasteiger partial charge in [0, 0.05) is 0 Å². The van der Waals surface area contributed by atoms with E-state index in [-0.39, 0.29) is 5.56 Å². The van der Waals surface area contributed by atoms with Gasteiger partial charge in [0.15, 0.2) is 5.16 Å². The van der Waals surface area contributed by atoms with Crippen LogP contribution in [0.4, 0.5) is 0 Å². The van der Waals surface area contributed by atoms with Crippen LogP contribution in [0.5, 0.6) is 0 Å². The van der Waals surface area contributed by atoms with Gasteiger partial charge in [-0.25, -0.2) is 4.68 Å². The molecule has 5 nitrogen and oxygen atoms in total. The van der Waals surface area contributed by atoms with Crippen molar-refractivity contribution in [1.29, 1.82) is 0 Å². The Morgan fingerprint density at radius 3 is 3.08 bits per heavy atom. The Balaban J connectivity index is 2.49. The van der Waals surface area contributed by atoms with E-state index in [4.69, 9.17) is 0 Å². The topological polar surface area (TPSA) is 51.0 Å². The van der Waals surface area contributed by atoms with Crippen molar-refractivity contribution in [2.45, 2.75) is 18.7 Å². The summed E-state index contributed by atoms with van der Waals surface area (Å²) in [7, 11) is 2.01. The maximum atomic E-state index is 11.2. The van der Waals surface area contributed by atoms with Crippen LogP contribution in [0.3, 0.4) is 0 Å². The Kier molecular flexibility index (Phi) is 2.09. The average Bonchev–Trinajstić information content (AvgIpc) is 2.08. The summed E-state index contributed by atoms with van der Waals surface area (Å²) in [4.78, 5) is 17.2. The number of aromatic nitrogens is 3. The van der Waals surface area contributed by atoms with Crippen LogP contribution in [0.15, 0.2) is 9.95 Å². The lowest BCUT2D eigenvalue weighted by Gasteiger charge is -2.24. The normalized spacial score (nSPS) is 17.1. The predicted molar refractivity (Wildman–Crippen MR) is 49.5 cm³/mol. The lowest BCUT2D eigenvalue weighted by molar-refractivity contribution is 0.258. The second-order valence-corrected chi connectivity index (χ2v) is 3.97. The third-order valence-corrected chi connectivity index (χ3v) is 2.92. The van der Waals surface area contributed by atoms with Crippen molar-refractivity contribution in [3.8, 4) is 0 Å². The minimum absolute atomic E-state index is 0.219. The minimum Gasteiger partial charge on any atom is -0.278 e. The number of thioether (sulfide) groups is 1. The predicted octanol–water partition coefficient (Wildman–Crippen LogP) is -0.101. The van der Waals surface area contributed by atoms with E-state index in [1.54, 1.807) is 11.6 Å². The molecule has 6 heteroatoms. The highest BCUT2D eigenvalue weighted by Gasteiger charge is 2.15. The smallest absolute Gasteiger partial charge is 0.278 e. The molecule has 1 aromatic rings. The lowest BCUT2D eigenvalue weighted by atomic mass is 10.5. The summed E-state index contributed by atoms with van der Waals surface area (Å²) in [6.07, 6.45) is 0. The molecule has 0 spiro atoms. The van der Waals surface area contributed by atoms with E-state index < -0.39 is 0 Å². The number of rotatable bonds is 0.